The number of carbonyl (C=O) groups is 2. The maximum atomic E-state index is 13.1. The van der Waals surface area contributed by atoms with Crippen LogP contribution in [0.25, 0.3) is 5.76 Å². The molecule has 1 atom stereocenters. The molecule has 1 aromatic heterocycles. The quantitative estimate of drug-likeness (QED) is 0.379. The van der Waals surface area contributed by atoms with Crippen LogP contribution in [0.2, 0.25) is 5.02 Å². The van der Waals surface area contributed by atoms with Crippen LogP contribution >= 0.6 is 11.6 Å². The van der Waals surface area contributed by atoms with Crippen molar-refractivity contribution in [2.24, 2.45) is 0 Å². The van der Waals surface area contributed by atoms with Gasteiger partial charge in [-0.15, -0.1) is 0 Å². The number of carbonyl (C=O) groups excluding carboxylic acids is 2. The maximum absolute atomic E-state index is 13.1. The van der Waals surface area contributed by atoms with Crippen LogP contribution < -0.4 is 14.4 Å². The lowest BCUT2D eigenvalue weighted by molar-refractivity contribution is -0.132. The number of anilines is 1. The average molecular weight is 435 g/mol. The van der Waals surface area contributed by atoms with Gasteiger partial charge in [0.2, 0.25) is 6.79 Å². The Kier molecular flexibility index (Phi) is 4.60. The minimum absolute atomic E-state index is 0.0324. The average Bonchev–Trinajstić information content (AvgIpc) is 3.36. The smallest absolute Gasteiger partial charge is 0.300 e. The van der Waals surface area contributed by atoms with E-state index in [0.29, 0.717) is 33.3 Å². The fourth-order valence-electron chi connectivity index (χ4n) is 3.76. The molecule has 2 aliphatic rings. The number of pyridine rings is 1. The van der Waals surface area contributed by atoms with E-state index in [2.05, 4.69) is 4.98 Å². The summed E-state index contributed by atoms with van der Waals surface area (Å²) < 4.78 is 10.8. The molecule has 0 bridgehead atoms. The summed E-state index contributed by atoms with van der Waals surface area (Å²) >= 11 is 5.95. The van der Waals surface area contributed by atoms with E-state index in [4.69, 9.17) is 21.1 Å². The number of nitrogens with zero attached hydrogens (tertiary/aromatic N) is 2. The molecule has 0 spiro atoms. The topological polar surface area (TPSA) is 89.0 Å². The van der Waals surface area contributed by atoms with Crippen molar-refractivity contribution in [3.8, 4) is 11.5 Å². The molecule has 2 aromatic carbocycles. The van der Waals surface area contributed by atoms with Crippen LogP contribution in [0.3, 0.4) is 0 Å². The van der Waals surface area contributed by atoms with Crippen molar-refractivity contribution in [3.63, 3.8) is 0 Å². The van der Waals surface area contributed by atoms with Crippen LogP contribution in [-0.2, 0) is 9.59 Å². The lowest BCUT2D eigenvalue weighted by Gasteiger charge is -2.25. The van der Waals surface area contributed by atoms with Gasteiger partial charge in [-0.3, -0.25) is 19.5 Å². The maximum Gasteiger partial charge on any atom is 0.300 e. The zero-order chi connectivity index (χ0) is 21.5. The molecule has 1 saturated heterocycles. The van der Waals surface area contributed by atoms with Gasteiger partial charge in [-0.25, -0.2) is 0 Å². The first-order chi connectivity index (χ1) is 15.0. The lowest BCUT2D eigenvalue weighted by Crippen LogP contribution is -2.29. The SMILES string of the molecule is O=C1C(=O)N(c2cccnc2)[C@H](c2ccc3c(c2)OCO3)C1=C(O)c1ccc(Cl)cc1. The summed E-state index contributed by atoms with van der Waals surface area (Å²) in [6.07, 6.45) is 3.07. The predicted molar refractivity (Wildman–Crippen MR) is 113 cm³/mol. The number of ether oxygens (including phenoxy) is 2. The minimum Gasteiger partial charge on any atom is -0.507 e. The van der Waals surface area contributed by atoms with Gasteiger partial charge in [0.05, 0.1) is 23.5 Å². The van der Waals surface area contributed by atoms with E-state index >= 15 is 0 Å². The van der Waals surface area contributed by atoms with Gasteiger partial charge in [0.15, 0.2) is 11.5 Å². The first kappa shape index (κ1) is 19.1. The van der Waals surface area contributed by atoms with Gasteiger partial charge in [-0.2, -0.15) is 0 Å². The third kappa shape index (κ3) is 3.19. The normalized spacial score (nSPS) is 19.1. The summed E-state index contributed by atoms with van der Waals surface area (Å²) in [7, 11) is 0. The highest BCUT2D eigenvalue weighted by atomic mass is 35.5. The van der Waals surface area contributed by atoms with Crippen molar-refractivity contribution in [1.82, 2.24) is 4.98 Å². The molecule has 0 radical (unpaired) electrons. The Morgan fingerprint density at radius 2 is 1.84 bits per heavy atom. The number of amides is 1. The Morgan fingerprint density at radius 3 is 2.58 bits per heavy atom. The predicted octanol–water partition coefficient (Wildman–Crippen LogP) is 4.09. The molecular formula is C23H15ClN2O5. The van der Waals surface area contributed by atoms with E-state index in [1.807, 2.05) is 0 Å². The molecule has 0 aliphatic carbocycles. The molecule has 2 aliphatic heterocycles. The fraction of sp³-hybridized carbons (Fsp3) is 0.0870. The number of hydrogen-bond donors (Lipinski definition) is 1. The van der Waals surface area contributed by atoms with Crippen molar-refractivity contribution < 1.29 is 24.2 Å². The van der Waals surface area contributed by atoms with Gasteiger partial charge < -0.3 is 14.6 Å². The minimum atomic E-state index is -0.880. The van der Waals surface area contributed by atoms with E-state index in [1.54, 1.807) is 60.8 Å². The standard InChI is InChI=1S/C23H15ClN2O5/c24-15-6-3-13(4-7-15)21(27)19-20(14-5-8-17-18(10-14)31-12-30-17)26(23(29)22(19)28)16-2-1-9-25-11-16/h1-11,20,27H,12H2/t20-/m1/s1. The number of ketones is 1. The number of fused-ring (bicyclic) bond motifs is 1. The van der Waals surface area contributed by atoms with E-state index < -0.39 is 17.7 Å². The van der Waals surface area contributed by atoms with Crippen LogP contribution in [0.1, 0.15) is 17.2 Å². The van der Waals surface area contributed by atoms with Gasteiger partial charge in [-0.05, 0) is 54.1 Å². The molecule has 1 fully saturated rings. The van der Waals surface area contributed by atoms with Gasteiger partial charge in [0, 0.05) is 16.8 Å². The highest BCUT2D eigenvalue weighted by Gasteiger charge is 2.47. The monoisotopic (exact) mass is 434 g/mol. The number of halogens is 1. The van der Waals surface area contributed by atoms with Crippen LogP contribution in [0.4, 0.5) is 5.69 Å². The van der Waals surface area contributed by atoms with Crippen molar-refractivity contribution in [2.45, 2.75) is 6.04 Å². The molecule has 154 valence electrons. The Hall–Kier alpha value is -3.84. The van der Waals surface area contributed by atoms with E-state index in [1.165, 1.54) is 11.1 Å². The van der Waals surface area contributed by atoms with Gasteiger partial charge >= 0.3 is 0 Å². The van der Waals surface area contributed by atoms with E-state index in [9.17, 15) is 14.7 Å². The number of aliphatic hydroxyl groups excluding tert-OH is 1. The summed E-state index contributed by atoms with van der Waals surface area (Å²) in [5, 5.41) is 11.5. The number of Topliss-reactive ketones (excluding diaryl/α,β-unsaturated/α-hetero) is 1. The van der Waals surface area contributed by atoms with Crippen LogP contribution in [0, 0.1) is 0 Å². The van der Waals surface area contributed by atoms with Crippen LogP contribution in [0.5, 0.6) is 11.5 Å². The second-order valence-corrected chi connectivity index (χ2v) is 7.44. The Morgan fingerprint density at radius 1 is 1.06 bits per heavy atom. The second kappa shape index (κ2) is 7.45. The molecule has 3 heterocycles. The second-order valence-electron chi connectivity index (χ2n) is 7.00. The Bertz CT molecular complexity index is 1220. The first-order valence-electron chi connectivity index (χ1n) is 9.41. The molecule has 0 saturated carbocycles. The lowest BCUT2D eigenvalue weighted by atomic mass is 9.95. The van der Waals surface area contributed by atoms with Crippen molar-refractivity contribution in [2.75, 3.05) is 11.7 Å². The molecule has 5 rings (SSSR count). The third-order valence-corrected chi connectivity index (χ3v) is 5.45. The Labute approximate surface area is 182 Å². The van der Waals surface area contributed by atoms with Crippen LogP contribution in [0.15, 0.2) is 72.6 Å². The van der Waals surface area contributed by atoms with E-state index in [0.717, 1.165) is 0 Å². The van der Waals surface area contributed by atoms with Crippen molar-refractivity contribution >= 4 is 34.7 Å². The number of rotatable bonds is 3. The molecule has 8 heteroatoms. The van der Waals surface area contributed by atoms with E-state index in [-0.39, 0.29) is 18.1 Å². The number of aromatic nitrogens is 1. The zero-order valence-electron chi connectivity index (χ0n) is 16.0. The summed E-state index contributed by atoms with van der Waals surface area (Å²) in [5.41, 5.74) is 1.36. The zero-order valence-corrected chi connectivity index (χ0v) is 16.7. The highest BCUT2D eigenvalue weighted by Crippen LogP contribution is 2.44. The molecule has 31 heavy (non-hydrogen) atoms. The fourth-order valence-corrected chi connectivity index (χ4v) is 3.88. The summed E-state index contributed by atoms with van der Waals surface area (Å²) in [4.78, 5) is 31.5. The van der Waals surface area contributed by atoms with Crippen LogP contribution in [-0.4, -0.2) is 28.6 Å². The van der Waals surface area contributed by atoms with Crippen molar-refractivity contribution in [1.29, 1.82) is 0 Å². The molecule has 0 unspecified atom stereocenters. The molecular weight excluding hydrogens is 420 g/mol. The largest absolute Gasteiger partial charge is 0.507 e. The van der Waals surface area contributed by atoms with Gasteiger partial charge in [-0.1, -0.05) is 17.7 Å². The molecule has 1 amide bonds. The van der Waals surface area contributed by atoms with Gasteiger partial charge in [0.25, 0.3) is 11.7 Å². The third-order valence-electron chi connectivity index (χ3n) is 5.20. The highest BCUT2D eigenvalue weighted by molar-refractivity contribution is 6.51. The molecule has 1 N–H and O–H groups in total. The summed E-state index contributed by atoms with van der Waals surface area (Å²) in [6, 6.07) is 14.0. The Balaban J connectivity index is 1.72. The number of hydrogen-bond acceptors (Lipinski definition) is 6. The summed E-state index contributed by atoms with van der Waals surface area (Å²) in [6.45, 7) is 0.0896. The molecule has 7 nitrogen and oxygen atoms in total. The number of benzene rings is 2. The van der Waals surface area contributed by atoms with Gasteiger partial charge in [0.1, 0.15) is 5.76 Å². The molecule has 3 aromatic rings. The summed E-state index contributed by atoms with van der Waals surface area (Å²) in [5.74, 6) is -0.769. The number of aliphatic hydroxyl groups is 1. The van der Waals surface area contributed by atoms with Crippen molar-refractivity contribution in [3.05, 3.63) is 88.7 Å². The first-order valence-corrected chi connectivity index (χ1v) is 9.79.